The molecule has 1 saturated carbocycles. The van der Waals surface area contributed by atoms with E-state index in [1.165, 1.54) is 43.2 Å². The summed E-state index contributed by atoms with van der Waals surface area (Å²) < 4.78 is 5.46. The van der Waals surface area contributed by atoms with Crippen molar-refractivity contribution < 1.29 is 4.74 Å². The monoisotopic (exact) mass is 261 g/mol. The van der Waals surface area contributed by atoms with Gasteiger partial charge in [-0.05, 0) is 49.4 Å². The highest BCUT2D eigenvalue weighted by Crippen LogP contribution is 2.21. The molecule has 1 aromatic carbocycles. The lowest BCUT2D eigenvalue weighted by Gasteiger charge is -2.23. The average Bonchev–Trinajstić information content (AvgIpc) is 2.48. The standard InChI is InChI=1S/C17H27NO/c1-3-14-9-10-17(19-2)15(13-14)11-12-18-16-7-5-4-6-8-16/h9-10,13,16,18H,3-8,11-12H2,1-2H3. The van der Waals surface area contributed by atoms with Crippen LogP contribution in [-0.2, 0) is 12.8 Å². The molecule has 106 valence electrons. The van der Waals surface area contributed by atoms with Crippen LogP contribution in [0.3, 0.4) is 0 Å². The summed E-state index contributed by atoms with van der Waals surface area (Å²) in [6, 6.07) is 7.31. The van der Waals surface area contributed by atoms with Gasteiger partial charge in [-0.1, -0.05) is 38.3 Å². The van der Waals surface area contributed by atoms with Crippen LogP contribution in [0.15, 0.2) is 18.2 Å². The van der Waals surface area contributed by atoms with Gasteiger partial charge in [-0.2, -0.15) is 0 Å². The van der Waals surface area contributed by atoms with E-state index in [1.54, 1.807) is 7.11 Å². The van der Waals surface area contributed by atoms with Crippen LogP contribution in [0.2, 0.25) is 0 Å². The van der Waals surface area contributed by atoms with Crippen LogP contribution < -0.4 is 10.1 Å². The molecule has 0 aliphatic heterocycles. The van der Waals surface area contributed by atoms with Gasteiger partial charge in [-0.25, -0.2) is 0 Å². The second kappa shape index (κ2) is 7.54. The number of hydrogen-bond acceptors (Lipinski definition) is 2. The van der Waals surface area contributed by atoms with Gasteiger partial charge in [-0.3, -0.25) is 0 Å². The third kappa shape index (κ3) is 4.24. The van der Waals surface area contributed by atoms with E-state index in [2.05, 4.69) is 30.4 Å². The summed E-state index contributed by atoms with van der Waals surface area (Å²) in [6.07, 6.45) is 9.07. The number of nitrogens with one attached hydrogen (secondary N) is 1. The van der Waals surface area contributed by atoms with E-state index >= 15 is 0 Å². The topological polar surface area (TPSA) is 21.3 Å². The van der Waals surface area contributed by atoms with Crippen molar-refractivity contribution >= 4 is 0 Å². The number of hydrogen-bond donors (Lipinski definition) is 1. The molecular formula is C17H27NO. The normalized spacial score (nSPS) is 16.5. The fourth-order valence-electron chi connectivity index (χ4n) is 2.96. The molecule has 0 radical (unpaired) electrons. The van der Waals surface area contributed by atoms with Crippen LogP contribution in [0.5, 0.6) is 5.75 Å². The summed E-state index contributed by atoms with van der Waals surface area (Å²) in [5, 5.41) is 3.70. The first-order valence-electron chi connectivity index (χ1n) is 7.72. The van der Waals surface area contributed by atoms with Crippen molar-refractivity contribution in [3.63, 3.8) is 0 Å². The zero-order valence-electron chi connectivity index (χ0n) is 12.4. The molecule has 0 spiro atoms. The summed E-state index contributed by atoms with van der Waals surface area (Å²) in [7, 11) is 1.76. The number of benzene rings is 1. The van der Waals surface area contributed by atoms with Gasteiger partial charge in [0.1, 0.15) is 5.75 Å². The fraction of sp³-hybridized carbons (Fsp3) is 0.647. The molecule has 19 heavy (non-hydrogen) atoms. The van der Waals surface area contributed by atoms with E-state index in [4.69, 9.17) is 4.74 Å². The van der Waals surface area contributed by atoms with Crippen molar-refractivity contribution in [2.75, 3.05) is 13.7 Å². The van der Waals surface area contributed by atoms with E-state index in [-0.39, 0.29) is 0 Å². The highest BCUT2D eigenvalue weighted by atomic mass is 16.5. The van der Waals surface area contributed by atoms with E-state index in [0.29, 0.717) is 0 Å². The Bertz CT molecular complexity index is 383. The lowest BCUT2D eigenvalue weighted by molar-refractivity contribution is 0.373. The largest absolute Gasteiger partial charge is 0.496 e. The summed E-state index contributed by atoms with van der Waals surface area (Å²) in [5.41, 5.74) is 2.73. The predicted octanol–water partition coefficient (Wildman–Crippen LogP) is 3.72. The van der Waals surface area contributed by atoms with Crippen molar-refractivity contribution in [3.05, 3.63) is 29.3 Å². The summed E-state index contributed by atoms with van der Waals surface area (Å²) >= 11 is 0. The van der Waals surface area contributed by atoms with Crippen LogP contribution in [0.25, 0.3) is 0 Å². The zero-order chi connectivity index (χ0) is 13.5. The average molecular weight is 261 g/mol. The number of aryl methyl sites for hydroxylation is 1. The Morgan fingerprint density at radius 2 is 2.00 bits per heavy atom. The molecule has 1 fully saturated rings. The minimum Gasteiger partial charge on any atom is -0.496 e. The Labute approximate surface area is 117 Å². The second-order valence-corrected chi connectivity index (χ2v) is 5.54. The first-order chi connectivity index (χ1) is 9.33. The van der Waals surface area contributed by atoms with Gasteiger partial charge >= 0.3 is 0 Å². The maximum absolute atomic E-state index is 5.46. The van der Waals surface area contributed by atoms with Gasteiger partial charge in [0.15, 0.2) is 0 Å². The first kappa shape index (κ1) is 14.4. The van der Waals surface area contributed by atoms with Crippen molar-refractivity contribution in [2.45, 2.75) is 57.9 Å². The molecule has 1 aliphatic carbocycles. The van der Waals surface area contributed by atoms with Gasteiger partial charge in [0.2, 0.25) is 0 Å². The van der Waals surface area contributed by atoms with Gasteiger partial charge in [0.05, 0.1) is 7.11 Å². The molecule has 0 aromatic heterocycles. The highest BCUT2D eigenvalue weighted by Gasteiger charge is 2.12. The molecule has 1 aliphatic rings. The Kier molecular flexibility index (Phi) is 5.71. The smallest absolute Gasteiger partial charge is 0.122 e. The SMILES string of the molecule is CCc1ccc(OC)c(CCNC2CCCCC2)c1. The van der Waals surface area contributed by atoms with Crippen LogP contribution >= 0.6 is 0 Å². The molecule has 2 nitrogen and oxygen atoms in total. The minimum atomic E-state index is 0.745. The Balaban J connectivity index is 1.86. The molecule has 2 heteroatoms. The quantitative estimate of drug-likeness (QED) is 0.842. The Morgan fingerprint density at radius 3 is 2.68 bits per heavy atom. The van der Waals surface area contributed by atoms with Crippen molar-refractivity contribution in [1.29, 1.82) is 0 Å². The lowest BCUT2D eigenvalue weighted by atomic mass is 9.95. The van der Waals surface area contributed by atoms with Gasteiger partial charge in [-0.15, -0.1) is 0 Å². The Hall–Kier alpha value is -1.02. The molecule has 1 N–H and O–H groups in total. The molecule has 0 heterocycles. The van der Waals surface area contributed by atoms with Gasteiger partial charge < -0.3 is 10.1 Å². The van der Waals surface area contributed by atoms with Gasteiger partial charge in [0.25, 0.3) is 0 Å². The minimum absolute atomic E-state index is 0.745. The number of ether oxygens (including phenoxy) is 1. The van der Waals surface area contributed by atoms with Crippen LogP contribution in [0, 0.1) is 0 Å². The molecular weight excluding hydrogens is 234 g/mol. The van der Waals surface area contributed by atoms with Crippen molar-refractivity contribution in [1.82, 2.24) is 5.32 Å². The molecule has 2 rings (SSSR count). The predicted molar refractivity (Wildman–Crippen MR) is 81.0 cm³/mol. The van der Waals surface area contributed by atoms with E-state index in [9.17, 15) is 0 Å². The third-order valence-electron chi connectivity index (χ3n) is 4.19. The van der Waals surface area contributed by atoms with E-state index < -0.39 is 0 Å². The molecule has 1 aromatic rings. The van der Waals surface area contributed by atoms with Crippen molar-refractivity contribution in [3.8, 4) is 5.75 Å². The van der Waals surface area contributed by atoms with Crippen LogP contribution in [0.1, 0.15) is 50.2 Å². The van der Waals surface area contributed by atoms with Gasteiger partial charge in [0, 0.05) is 6.04 Å². The van der Waals surface area contributed by atoms with Crippen molar-refractivity contribution in [2.24, 2.45) is 0 Å². The molecule has 0 saturated heterocycles. The lowest BCUT2D eigenvalue weighted by Crippen LogP contribution is -2.32. The highest BCUT2D eigenvalue weighted by molar-refractivity contribution is 5.37. The van der Waals surface area contributed by atoms with E-state index in [0.717, 1.165) is 31.2 Å². The molecule has 0 bridgehead atoms. The molecule has 0 amide bonds. The molecule has 0 atom stereocenters. The van der Waals surface area contributed by atoms with E-state index in [1.807, 2.05) is 0 Å². The number of methoxy groups -OCH3 is 1. The maximum atomic E-state index is 5.46. The fourth-order valence-corrected chi connectivity index (χ4v) is 2.96. The summed E-state index contributed by atoms with van der Waals surface area (Å²) in [6.45, 7) is 3.26. The first-order valence-corrected chi connectivity index (χ1v) is 7.72. The summed E-state index contributed by atoms with van der Waals surface area (Å²) in [4.78, 5) is 0. The summed E-state index contributed by atoms with van der Waals surface area (Å²) in [5.74, 6) is 1.03. The zero-order valence-corrected chi connectivity index (χ0v) is 12.4. The molecule has 0 unspecified atom stereocenters. The Morgan fingerprint density at radius 1 is 1.21 bits per heavy atom. The maximum Gasteiger partial charge on any atom is 0.122 e. The third-order valence-corrected chi connectivity index (χ3v) is 4.19. The van der Waals surface area contributed by atoms with Crippen LogP contribution in [-0.4, -0.2) is 19.7 Å². The second-order valence-electron chi connectivity index (χ2n) is 5.54. The number of rotatable bonds is 6. The van der Waals surface area contributed by atoms with Crippen LogP contribution in [0.4, 0.5) is 0 Å².